The van der Waals surface area contributed by atoms with Crippen molar-refractivity contribution in [1.29, 1.82) is 0 Å². The summed E-state index contributed by atoms with van der Waals surface area (Å²) in [7, 11) is 1.93. The normalized spacial score (nSPS) is 30.1. The van der Waals surface area contributed by atoms with Gasteiger partial charge in [-0.05, 0) is 25.8 Å². The fourth-order valence-corrected chi connectivity index (χ4v) is 1.49. The Morgan fingerprint density at radius 2 is 2.27 bits per heavy atom. The van der Waals surface area contributed by atoms with Crippen molar-refractivity contribution in [2.45, 2.75) is 18.9 Å². The summed E-state index contributed by atoms with van der Waals surface area (Å²) < 4.78 is 0. The number of hydrogen-bond acceptors (Lipinski definition) is 3. The Balaban J connectivity index is 2.06. The molecule has 1 aliphatic rings. The van der Waals surface area contributed by atoms with Gasteiger partial charge >= 0.3 is 0 Å². The Morgan fingerprint density at radius 1 is 1.64 bits per heavy atom. The molecule has 0 aromatic carbocycles. The van der Waals surface area contributed by atoms with Crippen LogP contribution in [0.2, 0.25) is 0 Å². The van der Waals surface area contributed by atoms with E-state index in [9.17, 15) is 4.79 Å². The molecule has 0 aliphatic heterocycles. The lowest BCUT2D eigenvalue weighted by molar-refractivity contribution is -0.108. The van der Waals surface area contributed by atoms with Crippen LogP contribution in [0.5, 0.6) is 0 Å². The number of aldehydes is 1. The van der Waals surface area contributed by atoms with Crippen LogP contribution in [0.3, 0.4) is 0 Å². The minimum Gasteiger partial charge on any atom is -0.393 e. The first kappa shape index (κ1) is 8.68. The van der Waals surface area contributed by atoms with Gasteiger partial charge in [0.05, 0.1) is 12.6 Å². The van der Waals surface area contributed by atoms with E-state index in [1.165, 1.54) is 0 Å². The Morgan fingerprint density at radius 3 is 2.73 bits per heavy atom. The van der Waals surface area contributed by atoms with E-state index in [1.54, 1.807) is 0 Å². The maximum Gasteiger partial charge on any atom is 0.133 e. The molecule has 1 saturated carbocycles. The predicted octanol–water partition coefficient (Wildman–Crippen LogP) is -0.112. The molecular weight excluding hydrogens is 142 g/mol. The number of carbonyl (C=O) groups excluding carboxylic acids is 1. The molecule has 0 amide bonds. The lowest BCUT2D eigenvalue weighted by Gasteiger charge is -2.33. The highest BCUT2D eigenvalue weighted by molar-refractivity contribution is 5.51. The van der Waals surface area contributed by atoms with Crippen LogP contribution < -0.4 is 0 Å². The molecule has 0 unspecified atom stereocenters. The van der Waals surface area contributed by atoms with Gasteiger partial charge in [-0.2, -0.15) is 0 Å². The highest BCUT2D eigenvalue weighted by Gasteiger charge is 2.27. The van der Waals surface area contributed by atoms with Gasteiger partial charge in [-0.1, -0.05) is 0 Å². The van der Waals surface area contributed by atoms with E-state index in [0.717, 1.165) is 25.7 Å². The number of aliphatic hydroxyl groups excluding tert-OH is 1. The van der Waals surface area contributed by atoms with Crippen molar-refractivity contribution in [3.8, 4) is 0 Å². The molecule has 1 aliphatic carbocycles. The van der Waals surface area contributed by atoms with Gasteiger partial charge in [0.25, 0.3) is 0 Å². The van der Waals surface area contributed by atoms with E-state index in [1.807, 2.05) is 11.9 Å². The zero-order valence-corrected chi connectivity index (χ0v) is 6.86. The number of likely N-dealkylation sites (N-methyl/N-ethyl adjacent to an activating group) is 1. The van der Waals surface area contributed by atoms with E-state index in [2.05, 4.69) is 0 Å². The number of rotatable bonds is 4. The van der Waals surface area contributed by atoms with E-state index < -0.39 is 0 Å². The number of aliphatic hydroxyl groups is 1. The Hall–Kier alpha value is -0.410. The first-order valence-corrected chi connectivity index (χ1v) is 4.02. The molecule has 0 aromatic rings. The van der Waals surface area contributed by atoms with Crippen LogP contribution >= 0.6 is 0 Å². The first-order valence-electron chi connectivity index (χ1n) is 4.02. The molecule has 0 spiro atoms. The average molecular weight is 157 g/mol. The van der Waals surface area contributed by atoms with Gasteiger partial charge in [0, 0.05) is 6.54 Å². The van der Waals surface area contributed by atoms with E-state index >= 15 is 0 Å². The summed E-state index contributed by atoms with van der Waals surface area (Å²) in [5, 5.41) is 8.97. The van der Waals surface area contributed by atoms with Gasteiger partial charge in [0.15, 0.2) is 0 Å². The minimum absolute atomic E-state index is 0.0790. The van der Waals surface area contributed by atoms with Crippen molar-refractivity contribution in [2.75, 3.05) is 20.1 Å². The molecule has 11 heavy (non-hydrogen) atoms. The summed E-state index contributed by atoms with van der Waals surface area (Å²) in [5.41, 5.74) is 0. The Kier molecular flexibility index (Phi) is 3.02. The smallest absolute Gasteiger partial charge is 0.133 e. The molecule has 3 nitrogen and oxygen atoms in total. The molecule has 1 N–H and O–H groups in total. The summed E-state index contributed by atoms with van der Waals surface area (Å²) in [6, 6.07) is 0. The zero-order chi connectivity index (χ0) is 8.27. The lowest BCUT2D eigenvalue weighted by atomic mass is 9.82. The van der Waals surface area contributed by atoms with Crippen molar-refractivity contribution in [1.82, 2.24) is 4.90 Å². The number of hydrogen-bond donors (Lipinski definition) is 1. The second kappa shape index (κ2) is 3.83. The van der Waals surface area contributed by atoms with Gasteiger partial charge < -0.3 is 9.90 Å². The fraction of sp³-hybridized carbons (Fsp3) is 0.875. The Labute approximate surface area is 67.0 Å². The predicted molar refractivity (Wildman–Crippen MR) is 42.3 cm³/mol. The van der Waals surface area contributed by atoms with Gasteiger partial charge in [-0.3, -0.25) is 4.90 Å². The molecule has 0 saturated heterocycles. The van der Waals surface area contributed by atoms with Crippen LogP contribution in [-0.4, -0.2) is 42.5 Å². The molecule has 0 heterocycles. The molecule has 64 valence electrons. The maximum absolute atomic E-state index is 10.1. The third kappa shape index (κ3) is 2.60. The minimum atomic E-state index is -0.0790. The SMILES string of the molecule is CN(CC=O)CC1CC(O)C1. The highest BCUT2D eigenvalue weighted by Crippen LogP contribution is 2.27. The highest BCUT2D eigenvalue weighted by atomic mass is 16.3. The molecular formula is C8H15NO2. The second-order valence-corrected chi connectivity index (χ2v) is 3.38. The molecule has 0 radical (unpaired) electrons. The standard InChI is InChI=1S/C8H15NO2/c1-9(2-3-10)6-7-4-8(11)5-7/h3,7-8,11H,2,4-6H2,1H3. The third-order valence-electron chi connectivity index (χ3n) is 2.17. The molecule has 0 aromatic heterocycles. The van der Waals surface area contributed by atoms with E-state index in [0.29, 0.717) is 12.5 Å². The van der Waals surface area contributed by atoms with Crippen LogP contribution in [-0.2, 0) is 4.79 Å². The van der Waals surface area contributed by atoms with Crippen LogP contribution in [0.1, 0.15) is 12.8 Å². The first-order chi connectivity index (χ1) is 5.22. The van der Waals surface area contributed by atoms with Crippen molar-refractivity contribution in [2.24, 2.45) is 5.92 Å². The van der Waals surface area contributed by atoms with Crippen LogP contribution in [0.25, 0.3) is 0 Å². The third-order valence-corrected chi connectivity index (χ3v) is 2.17. The van der Waals surface area contributed by atoms with E-state index in [4.69, 9.17) is 5.11 Å². The molecule has 0 atom stereocenters. The topological polar surface area (TPSA) is 40.5 Å². The monoisotopic (exact) mass is 157 g/mol. The number of nitrogens with zero attached hydrogens (tertiary/aromatic N) is 1. The molecule has 1 rings (SSSR count). The van der Waals surface area contributed by atoms with Crippen molar-refractivity contribution >= 4 is 6.29 Å². The van der Waals surface area contributed by atoms with Gasteiger partial charge in [-0.15, -0.1) is 0 Å². The zero-order valence-electron chi connectivity index (χ0n) is 6.86. The number of carbonyl (C=O) groups is 1. The maximum atomic E-state index is 10.1. The fourth-order valence-electron chi connectivity index (χ4n) is 1.49. The summed E-state index contributed by atoms with van der Waals surface area (Å²) in [6.07, 6.45) is 2.64. The summed E-state index contributed by atoms with van der Waals surface area (Å²) in [4.78, 5) is 12.1. The van der Waals surface area contributed by atoms with E-state index in [-0.39, 0.29) is 6.10 Å². The van der Waals surface area contributed by atoms with Gasteiger partial charge in [0.2, 0.25) is 0 Å². The van der Waals surface area contributed by atoms with Crippen LogP contribution in [0, 0.1) is 5.92 Å². The van der Waals surface area contributed by atoms with Crippen LogP contribution in [0.4, 0.5) is 0 Å². The van der Waals surface area contributed by atoms with Crippen molar-refractivity contribution < 1.29 is 9.90 Å². The summed E-state index contributed by atoms with van der Waals surface area (Å²) >= 11 is 0. The quantitative estimate of drug-likeness (QED) is 0.579. The molecule has 0 bridgehead atoms. The average Bonchev–Trinajstić information content (AvgIpc) is 1.85. The van der Waals surface area contributed by atoms with Crippen molar-refractivity contribution in [3.05, 3.63) is 0 Å². The summed E-state index contributed by atoms with van der Waals surface area (Å²) in [6.45, 7) is 1.45. The Bertz CT molecular complexity index is 132. The van der Waals surface area contributed by atoms with Gasteiger partial charge in [0.1, 0.15) is 6.29 Å². The van der Waals surface area contributed by atoms with Crippen molar-refractivity contribution in [3.63, 3.8) is 0 Å². The second-order valence-electron chi connectivity index (χ2n) is 3.38. The lowest BCUT2D eigenvalue weighted by Crippen LogP contribution is -2.37. The largest absolute Gasteiger partial charge is 0.393 e. The molecule has 1 fully saturated rings. The van der Waals surface area contributed by atoms with Gasteiger partial charge in [-0.25, -0.2) is 0 Å². The molecule has 3 heteroatoms. The summed E-state index contributed by atoms with van der Waals surface area (Å²) in [5.74, 6) is 0.606. The van der Waals surface area contributed by atoms with Crippen LogP contribution in [0.15, 0.2) is 0 Å².